The molecule has 0 saturated heterocycles. The van der Waals surface area contributed by atoms with Crippen LogP contribution in [-0.4, -0.2) is 29.7 Å². The van der Waals surface area contributed by atoms with Crippen molar-refractivity contribution in [1.82, 2.24) is 10.3 Å². The number of benzene rings is 1. The average Bonchev–Trinajstić information content (AvgIpc) is 2.90. The van der Waals surface area contributed by atoms with Gasteiger partial charge in [-0.3, -0.25) is 4.79 Å². The molecule has 0 spiro atoms. The van der Waals surface area contributed by atoms with Crippen LogP contribution in [0.2, 0.25) is 0 Å². The zero-order valence-corrected chi connectivity index (χ0v) is 12.8. The lowest BCUT2D eigenvalue weighted by atomic mass is 10.1. The fourth-order valence-corrected chi connectivity index (χ4v) is 2.51. The Hall–Kier alpha value is -1.92. The van der Waals surface area contributed by atoms with Gasteiger partial charge >= 0.3 is 0 Å². The number of aliphatic hydroxyl groups is 1. The number of ether oxygens (including phenoxy) is 1. The van der Waals surface area contributed by atoms with Gasteiger partial charge < -0.3 is 15.2 Å². The zero-order valence-electron chi connectivity index (χ0n) is 12.0. The van der Waals surface area contributed by atoms with Gasteiger partial charge in [0, 0.05) is 11.9 Å². The number of carbonyl (C=O) groups excluding carboxylic acids is 1. The predicted molar refractivity (Wildman–Crippen MR) is 81.5 cm³/mol. The molecule has 0 aliphatic rings. The van der Waals surface area contributed by atoms with Crippen molar-refractivity contribution in [2.45, 2.75) is 19.4 Å². The van der Waals surface area contributed by atoms with Gasteiger partial charge in [0.1, 0.15) is 5.75 Å². The standard InChI is InChI=1S/C15H18N2O3S/c1-10-17-12(9-21-10)7-15(19)16-8-14(18)11-4-3-5-13(6-11)20-2/h3-6,9,14,18H,7-8H2,1-2H3,(H,16,19). The van der Waals surface area contributed by atoms with E-state index in [2.05, 4.69) is 10.3 Å². The number of methoxy groups -OCH3 is 1. The molecule has 6 heteroatoms. The molecule has 0 aliphatic heterocycles. The van der Waals surface area contributed by atoms with Crippen molar-refractivity contribution in [2.24, 2.45) is 0 Å². The summed E-state index contributed by atoms with van der Waals surface area (Å²) >= 11 is 1.52. The molecular formula is C15H18N2O3S. The maximum Gasteiger partial charge on any atom is 0.226 e. The number of aromatic nitrogens is 1. The van der Waals surface area contributed by atoms with Gasteiger partial charge in [-0.05, 0) is 24.6 Å². The quantitative estimate of drug-likeness (QED) is 0.854. The highest BCUT2D eigenvalue weighted by molar-refractivity contribution is 7.09. The minimum Gasteiger partial charge on any atom is -0.497 e. The molecule has 0 bridgehead atoms. The lowest BCUT2D eigenvalue weighted by molar-refractivity contribution is -0.120. The van der Waals surface area contributed by atoms with Crippen molar-refractivity contribution in [3.8, 4) is 5.75 Å². The SMILES string of the molecule is COc1cccc(C(O)CNC(=O)Cc2csc(C)n2)c1. The van der Waals surface area contributed by atoms with Crippen molar-refractivity contribution < 1.29 is 14.6 Å². The molecule has 2 N–H and O–H groups in total. The second-order valence-corrected chi connectivity index (χ2v) is 5.69. The first-order chi connectivity index (χ1) is 10.1. The maximum absolute atomic E-state index is 11.8. The smallest absolute Gasteiger partial charge is 0.226 e. The molecule has 1 aromatic carbocycles. The van der Waals surface area contributed by atoms with Crippen LogP contribution in [0.5, 0.6) is 5.75 Å². The van der Waals surface area contributed by atoms with Crippen LogP contribution in [0.1, 0.15) is 22.4 Å². The third kappa shape index (κ3) is 4.54. The van der Waals surface area contributed by atoms with E-state index in [0.29, 0.717) is 11.3 Å². The van der Waals surface area contributed by atoms with Crippen molar-refractivity contribution in [2.75, 3.05) is 13.7 Å². The molecule has 0 fully saturated rings. The van der Waals surface area contributed by atoms with Crippen LogP contribution in [0.25, 0.3) is 0 Å². The van der Waals surface area contributed by atoms with Crippen LogP contribution >= 0.6 is 11.3 Å². The monoisotopic (exact) mass is 306 g/mol. The summed E-state index contributed by atoms with van der Waals surface area (Å²) in [6.45, 7) is 2.06. The summed E-state index contributed by atoms with van der Waals surface area (Å²) in [4.78, 5) is 16.0. The second-order valence-electron chi connectivity index (χ2n) is 4.63. The Morgan fingerprint density at radius 3 is 3.00 bits per heavy atom. The maximum atomic E-state index is 11.8. The van der Waals surface area contributed by atoms with Crippen molar-refractivity contribution in [3.63, 3.8) is 0 Å². The number of hydrogen-bond donors (Lipinski definition) is 2. The fourth-order valence-electron chi connectivity index (χ4n) is 1.89. The lowest BCUT2D eigenvalue weighted by Gasteiger charge is -2.13. The van der Waals surface area contributed by atoms with E-state index in [1.54, 1.807) is 31.4 Å². The molecule has 5 nitrogen and oxygen atoms in total. The van der Waals surface area contributed by atoms with E-state index in [1.807, 2.05) is 12.3 Å². The number of amides is 1. The highest BCUT2D eigenvalue weighted by atomic mass is 32.1. The number of thiazole rings is 1. The number of rotatable bonds is 6. The van der Waals surface area contributed by atoms with Crippen LogP contribution < -0.4 is 10.1 Å². The Morgan fingerprint density at radius 2 is 2.33 bits per heavy atom. The van der Waals surface area contributed by atoms with E-state index >= 15 is 0 Å². The number of aryl methyl sites for hydroxylation is 1. The molecule has 0 aliphatic carbocycles. The Bertz CT molecular complexity index is 612. The van der Waals surface area contributed by atoms with Crippen molar-refractivity contribution in [1.29, 1.82) is 0 Å². The molecule has 1 unspecified atom stereocenters. The molecule has 1 atom stereocenters. The van der Waals surface area contributed by atoms with Crippen LogP contribution in [0, 0.1) is 6.92 Å². The summed E-state index contributed by atoms with van der Waals surface area (Å²) in [5, 5.41) is 15.6. The largest absolute Gasteiger partial charge is 0.497 e. The van der Waals surface area contributed by atoms with Crippen LogP contribution in [0.3, 0.4) is 0 Å². The summed E-state index contributed by atoms with van der Waals surface area (Å²) in [5.74, 6) is 0.526. The van der Waals surface area contributed by atoms with Gasteiger partial charge in [-0.1, -0.05) is 12.1 Å². The summed E-state index contributed by atoms with van der Waals surface area (Å²) < 4.78 is 5.11. The summed E-state index contributed by atoms with van der Waals surface area (Å²) in [5.41, 5.74) is 1.46. The Morgan fingerprint density at radius 1 is 1.52 bits per heavy atom. The number of nitrogens with zero attached hydrogens (tertiary/aromatic N) is 1. The Labute approximate surface area is 127 Å². The second kappa shape index (κ2) is 7.19. The highest BCUT2D eigenvalue weighted by Gasteiger charge is 2.11. The normalized spacial score (nSPS) is 12.0. The van der Waals surface area contributed by atoms with Gasteiger partial charge in [-0.15, -0.1) is 11.3 Å². The molecule has 2 aromatic rings. The fraction of sp³-hybridized carbons (Fsp3) is 0.333. The molecule has 112 valence electrons. The Kier molecular flexibility index (Phi) is 5.30. The molecular weight excluding hydrogens is 288 g/mol. The van der Waals surface area contributed by atoms with Crippen LogP contribution in [-0.2, 0) is 11.2 Å². The first-order valence-corrected chi connectivity index (χ1v) is 7.46. The van der Waals surface area contributed by atoms with Gasteiger partial charge in [-0.25, -0.2) is 4.98 Å². The van der Waals surface area contributed by atoms with Crippen molar-refractivity contribution in [3.05, 3.63) is 45.9 Å². The molecule has 2 rings (SSSR count). The number of aliphatic hydroxyl groups excluding tert-OH is 1. The van der Waals surface area contributed by atoms with Gasteiger partial charge in [0.05, 0.1) is 30.3 Å². The zero-order chi connectivity index (χ0) is 15.2. The lowest BCUT2D eigenvalue weighted by Crippen LogP contribution is -2.29. The molecule has 0 radical (unpaired) electrons. The van der Waals surface area contributed by atoms with Gasteiger partial charge in [0.25, 0.3) is 0 Å². The van der Waals surface area contributed by atoms with E-state index in [0.717, 1.165) is 10.7 Å². The molecule has 21 heavy (non-hydrogen) atoms. The van der Waals surface area contributed by atoms with Crippen LogP contribution in [0.4, 0.5) is 0 Å². The summed E-state index contributed by atoms with van der Waals surface area (Å²) in [6.07, 6.45) is -0.531. The summed E-state index contributed by atoms with van der Waals surface area (Å²) in [6, 6.07) is 7.15. The number of hydrogen-bond acceptors (Lipinski definition) is 5. The third-order valence-corrected chi connectivity index (χ3v) is 3.80. The Balaban J connectivity index is 1.85. The van der Waals surface area contributed by atoms with Gasteiger partial charge in [0.2, 0.25) is 5.91 Å². The van der Waals surface area contributed by atoms with E-state index in [-0.39, 0.29) is 18.9 Å². The minimum absolute atomic E-state index is 0.151. The average molecular weight is 306 g/mol. The van der Waals surface area contributed by atoms with Gasteiger partial charge in [-0.2, -0.15) is 0 Å². The predicted octanol–water partition coefficient (Wildman–Crippen LogP) is 1.85. The van der Waals surface area contributed by atoms with E-state index < -0.39 is 6.10 Å². The molecule has 1 aromatic heterocycles. The van der Waals surface area contributed by atoms with E-state index in [9.17, 15) is 9.90 Å². The minimum atomic E-state index is -0.763. The molecule has 0 saturated carbocycles. The highest BCUT2D eigenvalue weighted by Crippen LogP contribution is 2.18. The van der Waals surface area contributed by atoms with E-state index in [4.69, 9.17) is 4.74 Å². The first kappa shape index (κ1) is 15.5. The summed E-state index contributed by atoms with van der Waals surface area (Å²) in [7, 11) is 1.57. The number of carbonyl (C=O) groups is 1. The van der Waals surface area contributed by atoms with E-state index in [1.165, 1.54) is 11.3 Å². The molecule has 1 heterocycles. The van der Waals surface area contributed by atoms with Crippen molar-refractivity contribution >= 4 is 17.2 Å². The number of nitrogens with one attached hydrogen (secondary N) is 1. The first-order valence-electron chi connectivity index (χ1n) is 6.58. The third-order valence-electron chi connectivity index (χ3n) is 2.98. The topological polar surface area (TPSA) is 71.5 Å². The van der Waals surface area contributed by atoms with Gasteiger partial charge in [0.15, 0.2) is 0 Å². The molecule has 1 amide bonds. The van der Waals surface area contributed by atoms with Crippen LogP contribution in [0.15, 0.2) is 29.6 Å².